The van der Waals surface area contributed by atoms with Crippen LogP contribution >= 0.6 is 0 Å². The van der Waals surface area contributed by atoms with Gasteiger partial charge in [-0.05, 0) is 74.7 Å². The van der Waals surface area contributed by atoms with Crippen LogP contribution in [0.15, 0.2) is 60.8 Å². The SMILES string of the molecule is CCN1c2cc(C)ccc2-n2cccc2C12CCN(C(=O)Nc1cccc(C(=O)OC)c1)CC2. The molecule has 3 aromatic rings. The van der Waals surface area contributed by atoms with Crippen molar-refractivity contribution in [3.63, 3.8) is 0 Å². The maximum atomic E-state index is 13.1. The summed E-state index contributed by atoms with van der Waals surface area (Å²) in [6.07, 6.45) is 3.83. The Kier molecular flexibility index (Phi) is 5.55. The number of hydrogen-bond donors (Lipinski definition) is 1. The van der Waals surface area contributed by atoms with E-state index in [9.17, 15) is 9.59 Å². The van der Waals surface area contributed by atoms with E-state index in [0.717, 1.165) is 19.4 Å². The molecule has 5 rings (SSSR count). The van der Waals surface area contributed by atoms with Gasteiger partial charge in [-0.3, -0.25) is 0 Å². The lowest BCUT2D eigenvalue weighted by Gasteiger charge is -2.53. The summed E-state index contributed by atoms with van der Waals surface area (Å²) < 4.78 is 7.10. The number of nitrogens with zero attached hydrogens (tertiary/aromatic N) is 3. The molecular weight excluding hydrogens is 428 g/mol. The Morgan fingerprint density at radius 2 is 1.82 bits per heavy atom. The Labute approximate surface area is 199 Å². The number of carbonyl (C=O) groups is 2. The number of benzene rings is 2. The number of likely N-dealkylation sites (tertiary alicyclic amines) is 1. The molecule has 7 nitrogen and oxygen atoms in total. The molecular formula is C27H30N4O3. The van der Waals surface area contributed by atoms with E-state index in [1.54, 1.807) is 24.3 Å². The van der Waals surface area contributed by atoms with Crippen molar-refractivity contribution in [3.8, 4) is 5.69 Å². The summed E-state index contributed by atoms with van der Waals surface area (Å²) in [5.41, 5.74) is 5.84. The topological polar surface area (TPSA) is 66.8 Å². The van der Waals surface area contributed by atoms with Crippen LogP contribution in [0, 0.1) is 6.92 Å². The van der Waals surface area contributed by atoms with Crippen molar-refractivity contribution >= 4 is 23.4 Å². The second-order valence-corrected chi connectivity index (χ2v) is 9.02. The van der Waals surface area contributed by atoms with Crippen molar-refractivity contribution in [2.75, 3.05) is 37.0 Å². The Morgan fingerprint density at radius 1 is 1.03 bits per heavy atom. The second kappa shape index (κ2) is 8.56. The molecule has 1 spiro atoms. The summed E-state index contributed by atoms with van der Waals surface area (Å²) in [5, 5.41) is 2.95. The molecule has 0 saturated carbocycles. The first-order chi connectivity index (χ1) is 16.5. The number of aryl methyl sites for hydroxylation is 1. The number of nitrogens with one attached hydrogen (secondary N) is 1. The molecule has 2 aromatic carbocycles. The maximum absolute atomic E-state index is 13.1. The van der Waals surface area contributed by atoms with Gasteiger partial charge in [-0.25, -0.2) is 9.59 Å². The van der Waals surface area contributed by atoms with E-state index in [-0.39, 0.29) is 11.6 Å². The Hall–Kier alpha value is -3.74. The van der Waals surface area contributed by atoms with Crippen molar-refractivity contribution in [2.45, 2.75) is 32.2 Å². The minimum atomic E-state index is -0.425. The Bertz CT molecular complexity index is 1240. The number of fused-ring (bicyclic) bond motifs is 4. The van der Waals surface area contributed by atoms with E-state index in [1.165, 1.54) is 29.7 Å². The quantitative estimate of drug-likeness (QED) is 0.565. The van der Waals surface area contributed by atoms with Gasteiger partial charge >= 0.3 is 12.0 Å². The minimum Gasteiger partial charge on any atom is -0.465 e. The van der Waals surface area contributed by atoms with Gasteiger partial charge in [0.15, 0.2) is 0 Å². The van der Waals surface area contributed by atoms with E-state index in [1.807, 2.05) is 4.90 Å². The van der Waals surface area contributed by atoms with Gasteiger partial charge < -0.3 is 24.4 Å². The average molecular weight is 459 g/mol. The van der Waals surface area contributed by atoms with Crippen LogP contribution in [0.5, 0.6) is 0 Å². The van der Waals surface area contributed by atoms with Crippen LogP contribution in [-0.2, 0) is 10.3 Å². The van der Waals surface area contributed by atoms with Crippen LogP contribution in [0.4, 0.5) is 16.2 Å². The van der Waals surface area contributed by atoms with Crippen LogP contribution in [-0.4, -0.2) is 48.2 Å². The third-order valence-electron chi connectivity index (χ3n) is 7.15. The molecule has 0 radical (unpaired) electrons. The third-order valence-corrected chi connectivity index (χ3v) is 7.15. The zero-order valence-corrected chi connectivity index (χ0v) is 19.9. The van der Waals surface area contributed by atoms with Crippen LogP contribution in [0.1, 0.15) is 41.4 Å². The zero-order chi connectivity index (χ0) is 23.9. The highest BCUT2D eigenvalue weighted by Crippen LogP contribution is 2.48. The molecule has 7 heteroatoms. The largest absolute Gasteiger partial charge is 0.465 e. The van der Waals surface area contributed by atoms with E-state index in [0.29, 0.717) is 24.3 Å². The molecule has 1 N–H and O–H groups in total. The van der Waals surface area contributed by atoms with Crippen LogP contribution in [0.3, 0.4) is 0 Å². The summed E-state index contributed by atoms with van der Waals surface area (Å²) in [6, 6.07) is 17.7. The predicted molar refractivity (Wildman–Crippen MR) is 133 cm³/mol. The molecule has 0 unspecified atom stereocenters. The number of esters is 1. The zero-order valence-electron chi connectivity index (χ0n) is 19.9. The van der Waals surface area contributed by atoms with Crippen molar-refractivity contribution < 1.29 is 14.3 Å². The molecule has 176 valence electrons. The fourth-order valence-electron chi connectivity index (χ4n) is 5.52. The number of hydrogen-bond acceptors (Lipinski definition) is 4. The summed E-state index contributed by atoms with van der Waals surface area (Å²) in [7, 11) is 1.35. The van der Waals surface area contributed by atoms with Gasteiger partial charge in [0.25, 0.3) is 0 Å². The standard InChI is InChI=1S/C27H30N4O3/c1-4-31-23-17-19(2)10-11-22(23)30-14-6-9-24(30)27(31)12-15-29(16-13-27)26(33)28-21-8-5-7-20(18-21)25(32)34-3/h5-11,14,17-18H,4,12-13,15-16H2,1-3H3,(H,28,33). The van der Waals surface area contributed by atoms with Gasteiger partial charge in [-0.15, -0.1) is 0 Å². The number of rotatable bonds is 3. The number of methoxy groups -OCH3 is 1. The first kappa shape index (κ1) is 22.1. The average Bonchev–Trinajstić information content (AvgIpc) is 3.35. The van der Waals surface area contributed by atoms with Gasteiger partial charge in [-0.2, -0.15) is 0 Å². The predicted octanol–water partition coefficient (Wildman–Crippen LogP) is 4.94. The molecule has 0 aliphatic carbocycles. The maximum Gasteiger partial charge on any atom is 0.337 e. The first-order valence-electron chi connectivity index (χ1n) is 11.8. The number of amides is 2. The van der Waals surface area contributed by atoms with E-state index < -0.39 is 5.97 Å². The van der Waals surface area contributed by atoms with Gasteiger partial charge in [0.05, 0.1) is 29.6 Å². The lowest BCUT2D eigenvalue weighted by molar-refractivity contribution is 0.0600. The van der Waals surface area contributed by atoms with Gasteiger partial charge in [0, 0.05) is 37.2 Å². The minimum absolute atomic E-state index is 0.151. The van der Waals surface area contributed by atoms with Crippen molar-refractivity contribution in [1.82, 2.24) is 9.47 Å². The number of urea groups is 1. The number of anilines is 2. The second-order valence-electron chi connectivity index (χ2n) is 9.02. The van der Waals surface area contributed by atoms with Crippen LogP contribution in [0.2, 0.25) is 0 Å². The Balaban J connectivity index is 1.37. The normalized spacial score (nSPS) is 16.1. The molecule has 2 aliphatic rings. The summed E-state index contributed by atoms with van der Waals surface area (Å²) in [6.45, 7) is 6.53. The highest BCUT2D eigenvalue weighted by Gasteiger charge is 2.46. The summed E-state index contributed by atoms with van der Waals surface area (Å²) in [4.78, 5) is 29.3. The van der Waals surface area contributed by atoms with Gasteiger partial charge in [0.2, 0.25) is 0 Å². The van der Waals surface area contributed by atoms with Crippen molar-refractivity contribution in [1.29, 1.82) is 0 Å². The van der Waals surface area contributed by atoms with Crippen LogP contribution in [0.25, 0.3) is 5.69 Å². The third kappa shape index (κ3) is 3.52. The molecule has 1 fully saturated rings. The highest BCUT2D eigenvalue weighted by atomic mass is 16.5. The molecule has 0 bridgehead atoms. The first-order valence-corrected chi connectivity index (χ1v) is 11.8. The Morgan fingerprint density at radius 3 is 2.56 bits per heavy atom. The monoisotopic (exact) mass is 458 g/mol. The molecule has 3 heterocycles. The molecule has 1 saturated heterocycles. The van der Waals surface area contributed by atoms with Gasteiger partial charge in [-0.1, -0.05) is 12.1 Å². The van der Waals surface area contributed by atoms with E-state index >= 15 is 0 Å². The van der Waals surface area contributed by atoms with E-state index in [4.69, 9.17) is 4.74 Å². The molecule has 2 aliphatic heterocycles. The number of piperidine rings is 1. The molecule has 34 heavy (non-hydrogen) atoms. The van der Waals surface area contributed by atoms with Crippen molar-refractivity contribution in [2.24, 2.45) is 0 Å². The fourth-order valence-corrected chi connectivity index (χ4v) is 5.52. The van der Waals surface area contributed by atoms with E-state index in [2.05, 4.69) is 65.2 Å². The number of aromatic nitrogens is 1. The summed E-state index contributed by atoms with van der Waals surface area (Å²) >= 11 is 0. The van der Waals surface area contributed by atoms with Crippen molar-refractivity contribution in [3.05, 3.63) is 77.6 Å². The molecule has 0 atom stereocenters. The number of carbonyl (C=O) groups excluding carboxylic acids is 2. The van der Waals surface area contributed by atoms with Gasteiger partial charge in [0.1, 0.15) is 0 Å². The number of ether oxygens (including phenoxy) is 1. The summed E-state index contributed by atoms with van der Waals surface area (Å²) in [5.74, 6) is -0.425. The lowest BCUT2D eigenvalue weighted by atomic mass is 9.80. The van der Waals surface area contributed by atoms with Crippen LogP contribution < -0.4 is 10.2 Å². The molecule has 1 aromatic heterocycles. The fraction of sp³-hybridized carbons (Fsp3) is 0.333. The lowest BCUT2D eigenvalue weighted by Crippen LogP contribution is -2.57. The molecule has 2 amide bonds. The highest BCUT2D eigenvalue weighted by molar-refractivity contribution is 5.94. The smallest absolute Gasteiger partial charge is 0.337 e.